The van der Waals surface area contributed by atoms with Crippen LogP contribution in [0.2, 0.25) is 0 Å². The van der Waals surface area contributed by atoms with Crippen LogP contribution in [0.25, 0.3) is 6.08 Å². The minimum absolute atomic E-state index is 0.234. The van der Waals surface area contributed by atoms with Crippen molar-refractivity contribution in [3.63, 3.8) is 0 Å². The Labute approximate surface area is 118 Å². The number of hydrogen-bond acceptors (Lipinski definition) is 5. The van der Waals surface area contributed by atoms with E-state index in [9.17, 15) is 13.9 Å². The van der Waals surface area contributed by atoms with Gasteiger partial charge in [-0.15, -0.1) is 10.6 Å². The van der Waals surface area contributed by atoms with Crippen LogP contribution in [0.5, 0.6) is 5.75 Å². The van der Waals surface area contributed by atoms with Gasteiger partial charge in [-0.25, -0.2) is 4.79 Å². The summed E-state index contributed by atoms with van der Waals surface area (Å²) in [6.07, 6.45) is 4.54. The third kappa shape index (κ3) is 3.41. The summed E-state index contributed by atoms with van der Waals surface area (Å²) < 4.78 is 29.6. The van der Waals surface area contributed by atoms with Crippen LogP contribution in [0.4, 0.5) is 0 Å². The smallest absolute Gasteiger partial charge is 0.330 e. The molecule has 0 aliphatic carbocycles. The molecule has 1 aromatic carbocycles. The second kappa shape index (κ2) is 6.13. The zero-order valence-corrected chi connectivity index (χ0v) is 11.8. The first kappa shape index (κ1) is 14.6. The molecule has 2 rings (SSSR count). The van der Waals surface area contributed by atoms with Gasteiger partial charge in [0.05, 0.1) is 11.5 Å². The maximum atomic E-state index is 11.1. The summed E-state index contributed by atoms with van der Waals surface area (Å²) in [6, 6.07) is 5.03. The molecule has 6 heteroatoms. The van der Waals surface area contributed by atoms with E-state index < -0.39 is 16.6 Å². The first-order valence-corrected chi connectivity index (χ1v) is 7.70. The predicted octanol–water partition coefficient (Wildman–Crippen LogP) is 3.28. The van der Waals surface area contributed by atoms with Crippen molar-refractivity contribution >= 4 is 22.6 Å². The van der Waals surface area contributed by atoms with Gasteiger partial charge in [0.25, 0.3) is 0 Å². The molecular formula is C14H16O5S. The van der Waals surface area contributed by atoms with Crippen molar-refractivity contribution < 1.29 is 23.4 Å². The zero-order chi connectivity index (χ0) is 14.6. The summed E-state index contributed by atoms with van der Waals surface area (Å²) in [5, 5.41) is 1.39. The van der Waals surface area contributed by atoms with E-state index in [-0.39, 0.29) is 6.61 Å². The Morgan fingerprint density at radius 3 is 2.95 bits per heavy atom. The maximum Gasteiger partial charge on any atom is 0.330 e. The fourth-order valence-corrected chi connectivity index (χ4v) is 2.97. The second-order valence-corrected chi connectivity index (χ2v) is 5.96. The first-order valence-electron chi connectivity index (χ1n) is 6.09. The van der Waals surface area contributed by atoms with Crippen molar-refractivity contribution in [2.75, 3.05) is 13.2 Å². The van der Waals surface area contributed by atoms with Crippen molar-refractivity contribution in [1.82, 2.24) is 0 Å². The lowest BCUT2D eigenvalue weighted by Gasteiger charge is -2.25. The lowest BCUT2D eigenvalue weighted by molar-refractivity contribution is -0.137. The number of ether oxygens (including phenoxy) is 2. The van der Waals surface area contributed by atoms with Crippen LogP contribution in [0.15, 0.2) is 40.7 Å². The summed E-state index contributed by atoms with van der Waals surface area (Å²) in [7, 11) is -2.78. The van der Waals surface area contributed by atoms with Gasteiger partial charge in [0.1, 0.15) is 12.4 Å². The number of fused-ring (bicyclic) bond motifs is 1. The predicted molar refractivity (Wildman–Crippen MR) is 77.9 cm³/mol. The molecule has 1 aliphatic rings. The monoisotopic (exact) mass is 296 g/mol. The molecule has 0 fully saturated rings. The van der Waals surface area contributed by atoms with Gasteiger partial charge in [0.2, 0.25) is 0 Å². The van der Waals surface area contributed by atoms with E-state index in [0.29, 0.717) is 17.3 Å². The van der Waals surface area contributed by atoms with Crippen molar-refractivity contribution in [2.24, 2.45) is 0 Å². The average Bonchev–Trinajstić information content (AvgIpc) is 2.71. The van der Waals surface area contributed by atoms with E-state index >= 15 is 0 Å². The standard InChI is InChI=1S/C14H16O5S/c1-2-18-14(15)4-3-8-19-12-5-6-13-11(10-12)7-9-20(13,16)17/h3-7,9-10,16-17H,2,8H2,1H3/b4-3+. The highest BCUT2D eigenvalue weighted by Crippen LogP contribution is 2.56. The van der Waals surface area contributed by atoms with Gasteiger partial charge in [-0.1, -0.05) is 0 Å². The Kier molecular flexibility index (Phi) is 4.49. The van der Waals surface area contributed by atoms with Crippen molar-refractivity contribution in [3.05, 3.63) is 41.3 Å². The van der Waals surface area contributed by atoms with Crippen LogP contribution in [0.1, 0.15) is 12.5 Å². The molecule has 108 valence electrons. The van der Waals surface area contributed by atoms with Gasteiger partial charge >= 0.3 is 5.97 Å². The molecule has 0 saturated carbocycles. The van der Waals surface area contributed by atoms with Gasteiger partial charge in [0, 0.05) is 17.0 Å². The van der Waals surface area contributed by atoms with Crippen LogP contribution < -0.4 is 4.74 Å². The molecule has 5 nitrogen and oxygen atoms in total. The Morgan fingerprint density at radius 1 is 1.40 bits per heavy atom. The quantitative estimate of drug-likeness (QED) is 0.644. The summed E-state index contributed by atoms with van der Waals surface area (Å²) in [5.74, 6) is 0.195. The number of carbonyl (C=O) groups excluding carboxylic acids is 1. The Bertz CT molecular complexity index is 563. The summed E-state index contributed by atoms with van der Waals surface area (Å²) in [5.41, 5.74) is 0.733. The van der Waals surface area contributed by atoms with Crippen LogP contribution in [-0.2, 0) is 9.53 Å². The SMILES string of the molecule is CCOC(=O)/C=C/COc1ccc2c(c1)C=CS2(O)O. The lowest BCUT2D eigenvalue weighted by Crippen LogP contribution is -2.01. The molecule has 0 radical (unpaired) electrons. The molecule has 1 heterocycles. The zero-order valence-electron chi connectivity index (χ0n) is 11.0. The normalized spacial score (nSPS) is 16.9. The van der Waals surface area contributed by atoms with Gasteiger partial charge in [0.15, 0.2) is 0 Å². The number of esters is 1. The van der Waals surface area contributed by atoms with Gasteiger partial charge in [-0.05, 0) is 37.3 Å². The molecule has 0 atom stereocenters. The molecule has 0 unspecified atom stereocenters. The van der Waals surface area contributed by atoms with Gasteiger partial charge in [-0.3, -0.25) is 9.11 Å². The van der Waals surface area contributed by atoms with E-state index in [4.69, 9.17) is 9.47 Å². The molecule has 0 saturated heterocycles. The number of benzene rings is 1. The van der Waals surface area contributed by atoms with Crippen molar-refractivity contribution in [1.29, 1.82) is 0 Å². The minimum atomic E-state index is -2.78. The number of carbonyl (C=O) groups is 1. The summed E-state index contributed by atoms with van der Waals surface area (Å²) >= 11 is 0. The van der Waals surface area contributed by atoms with E-state index in [1.807, 2.05) is 0 Å². The molecule has 2 N–H and O–H groups in total. The third-order valence-corrected chi connectivity index (χ3v) is 4.16. The van der Waals surface area contributed by atoms with Crippen LogP contribution in [-0.4, -0.2) is 28.3 Å². The molecule has 1 aliphatic heterocycles. The van der Waals surface area contributed by atoms with Crippen molar-refractivity contribution in [3.8, 4) is 5.75 Å². The van der Waals surface area contributed by atoms with E-state index in [2.05, 4.69) is 0 Å². The minimum Gasteiger partial charge on any atom is -0.490 e. The largest absolute Gasteiger partial charge is 0.490 e. The highest BCUT2D eigenvalue weighted by molar-refractivity contribution is 8.27. The second-order valence-electron chi connectivity index (χ2n) is 4.06. The van der Waals surface area contributed by atoms with Crippen molar-refractivity contribution in [2.45, 2.75) is 11.8 Å². The Balaban J connectivity index is 1.93. The highest BCUT2D eigenvalue weighted by atomic mass is 32.3. The van der Waals surface area contributed by atoms with E-state index in [0.717, 1.165) is 5.56 Å². The van der Waals surface area contributed by atoms with E-state index in [1.54, 1.807) is 37.3 Å². The van der Waals surface area contributed by atoms with E-state index in [1.165, 1.54) is 11.5 Å². The van der Waals surface area contributed by atoms with Crippen LogP contribution >= 0.6 is 10.6 Å². The van der Waals surface area contributed by atoms with Gasteiger partial charge < -0.3 is 9.47 Å². The molecule has 0 aromatic heterocycles. The average molecular weight is 296 g/mol. The van der Waals surface area contributed by atoms with Gasteiger partial charge in [-0.2, -0.15) is 0 Å². The molecule has 20 heavy (non-hydrogen) atoms. The maximum absolute atomic E-state index is 11.1. The Morgan fingerprint density at radius 2 is 2.20 bits per heavy atom. The topological polar surface area (TPSA) is 76.0 Å². The summed E-state index contributed by atoms with van der Waals surface area (Å²) in [4.78, 5) is 11.6. The lowest BCUT2D eigenvalue weighted by atomic mass is 10.2. The highest BCUT2D eigenvalue weighted by Gasteiger charge is 2.21. The van der Waals surface area contributed by atoms with Crippen LogP contribution in [0.3, 0.4) is 0 Å². The molecule has 0 spiro atoms. The third-order valence-electron chi connectivity index (χ3n) is 2.63. The fraction of sp³-hybridized carbons (Fsp3) is 0.214. The molecule has 1 aromatic rings. The number of rotatable bonds is 5. The summed E-state index contributed by atoms with van der Waals surface area (Å²) in [6.45, 7) is 2.32. The molecule has 0 amide bonds. The molecular weight excluding hydrogens is 280 g/mol. The van der Waals surface area contributed by atoms with Crippen LogP contribution in [0, 0.1) is 0 Å². The number of hydrogen-bond donors (Lipinski definition) is 2. The fourth-order valence-electron chi connectivity index (χ4n) is 1.74. The Hall–Kier alpha value is -1.76. The molecule has 0 bridgehead atoms. The first-order chi connectivity index (χ1) is 9.53.